The molecular weight excluding hydrogens is 294 g/mol. The fraction of sp³-hybridized carbons (Fsp3) is 0.632. The number of carbonyl (C=O) groups is 1. The number of amides is 1. The van der Waals surface area contributed by atoms with Gasteiger partial charge in [-0.25, -0.2) is 0 Å². The standard InChI is InChI=1S/C19H28ClNO/c1-15(16-7-9-17(20)10-8-16)14-19(2,3)11-5-13-21-12-4-6-18(21)22/h7-10,15H,4-6,11-14H2,1-3H3. The van der Waals surface area contributed by atoms with Crippen molar-refractivity contribution in [2.24, 2.45) is 5.41 Å². The van der Waals surface area contributed by atoms with Crippen LogP contribution in [0.4, 0.5) is 0 Å². The highest BCUT2D eigenvalue weighted by Crippen LogP contribution is 2.35. The molecule has 1 fully saturated rings. The minimum absolute atomic E-state index is 0.293. The Kier molecular flexibility index (Phi) is 5.91. The van der Waals surface area contributed by atoms with Gasteiger partial charge < -0.3 is 4.90 Å². The maximum Gasteiger partial charge on any atom is 0.222 e. The Labute approximate surface area is 139 Å². The maximum atomic E-state index is 11.6. The first-order valence-corrected chi connectivity index (χ1v) is 8.78. The third-order valence-electron chi connectivity index (χ3n) is 4.75. The van der Waals surface area contributed by atoms with Crippen LogP contribution in [0.25, 0.3) is 0 Å². The fourth-order valence-corrected chi connectivity index (χ4v) is 3.66. The van der Waals surface area contributed by atoms with Crippen molar-refractivity contribution >= 4 is 17.5 Å². The van der Waals surface area contributed by atoms with Crippen LogP contribution in [-0.4, -0.2) is 23.9 Å². The van der Waals surface area contributed by atoms with E-state index in [1.807, 2.05) is 17.0 Å². The zero-order valence-electron chi connectivity index (χ0n) is 14.1. The van der Waals surface area contributed by atoms with Crippen molar-refractivity contribution in [1.82, 2.24) is 4.90 Å². The fourth-order valence-electron chi connectivity index (χ4n) is 3.53. The topological polar surface area (TPSA) is 20.3 Å². The van der Waals surface area contributed by atoms with E-state index in [0.29, 0.717) is 17.2 Å². The monoisotopic (exact) mass is 321 g/mol. The van der Waals surface area contributed by atoms with Crippen LogP contribution in [0, 0.1) is 5.41 Å². The molecule has 1 saturated heterocycles. The molecule has 122 valence electrons. The third kappa shape index (κ3) is 5.01. The minimum Gasteiger partial charge on any atom is -0.343 e. The predicted molar refractivity (Wildman–Crippen MR) is 93.3 cm³/mol. The first-order valence-electron chi connectivity index (χ1n) is 8.41. The van der Waals surface area contributed by atoms with Gasteiger partial charge in [-0.2, -0.15) is 0 Å². The van der Waals surface area contributed by atoms with E-state index >= 15 is 0 Å². The molecule has 1 amide bonds. The summed E-state index contributed by atoms with van der Waals surface area (Å²) in [6, 6.07) is 8.21. The van der Waals surface area contributed by atoms with Crippen LogP contribution >= 0.6 is 11.6 Å². The molecule has 1 unspecified atom stereocenters. The average Bonchev–Trinajstić information content (AvgIpc) is 2.84. The summed E-state index contributed by atoms with van der Waals surface area (Å²) in [6.07, 6.45) is 5.20. The second-order valence-corrected chi connectivity index (χ2v) is 7.85. The largest absolute Gasteiger partial charge is 0.343 e. The van der Waals surface area contributed by atoms with Gasteiger partial charge in [-0.3, -0.25) is 4.79 Å². The lowest BCUT2D eigenvalue weighted by atomic mass is 9.77. The van der Waals surface area contributed by atoms with Crippen LogP contribution in [0.2, 0.25) is 5.02 Å². The lowest BCUT2D eigenvalue weighted by molar-refractivity contribution is -0.127. The normalized spacial score (nSPS) is 17.1. The van der Waals surface area contributed by atoms with Crippen LogP contribution in [-0.2, 0) is 4.79 Å². The summed E-state index contributed by atoms with van der Waals surface area (Å²) in [7, 11) is 0. The van der Waals surface area contributed by atoms with Gasteiger partial charge in [0, 0.05) is 24.5 Å². The molecule has 1 heterocycles. The van der Waals surface area contributed by atoms with Crippen molar-refractivity contribution in [1.29, 1.82) is 0 Å². The molecule has 0 N–H and O–H groups in total. The Morgan fingerprint density at radius 1 is 1.27 bits per heavy atom. The van der Waals surface area contributed by atoms with Gasteiger partial charge in [0.25, 0.3) is 0 Å². The summed E-state index contributed by atoms with van der Waals surface area (Å²) in [6.45, 7) is 8.85. The second-order valence-electron chi connectivity index (χ2n) is 7.41. The van der Waals surface area contributed by atoms with Gasteiger partial charge in [-0.1, -0.05) is 44.5 Å². The summed E-state index contributed by atoms with van der Waals surface area (Å²) in [5, 5.41) is 0.797. The Hall–Kier alpha value is -1.02. The number of likely N-dealkylation sites (tertiary alicyclic amines) is 1. The van der Waals surface area contributed by atoms with E-state index in [9.17, 15) is 4.79 Å². The van der Waals surface area contributed by atoms with Gasteiger partial charge in [0.05, 0.1) is 0 Å². The maximum absolute atomic E-state index is 11.6. The van der Waals surface area contributed by atoms with E-state index < -0.39 is 0 Å². The number of halogens is 1. The van der Waals surface area contributed by atoms with Gasteiger partial charge in [0.1, 0.15) is 0 Å². The Morgan fingerprint density at radius 2 is 1.95 bits per heavy atom. The Morgan fingerprint density at radius 3 is 2.55 bits per heavy atom. The molecule has 2 nitrogen and oxygen atoms in total. The van der Waals surface area contributed by atoms with Crippen molar-refractivity contribution < 1.29 is 4.79 Å². The van der Waals surface area contributed by atoms with Crippen LogP contribution in [0.3, 0.4) is 0 Å². The van der Waals surface area contributed by atoms with Gasteiger partial charge in [-0.15, -0.1) is 0 Å². The molecule has 0 saturated carbocycles. The van der Waals surface area contributed by atoms with Crippen LogP contribution in [0.5, 0.6) is 0 Å². The highest BCUT2D eigenvalue weighted by molar-refractivity contribution is 6.30. The second kappa shape index (κ2) is 7.50. The summed E-state index contributed by atoms with van der Waals surface area (Å²) in [4.78, 5) is 13.7. The van der Waals surface area contributed by atoms with Crippen molar-refractivity contribution in [3.8, 4) is 0 Å². The zero-order chi connectivity index (χ0) is 16.2. The highest BCUT2D eigenvalue weighted by Gasteiger charge is 2.24. The molecule has 1 aliphatic heterocycles. The van der Waals surface area contributed by atoms with E-state index in [4.69, 9.17) is 11.6 Å². The molecule has 1 aromatic rings. The lowest BCUT2D eigenvalue weighted by Gasteiger charge is -2.29. The first-order chi connectivity index (χ1) is 10.4. The SMILES string of the molecule is CC(CC(C)(C)CCCN1CCCC1=O)c1ccc(Cl)cc1. The van der Waals surface area contributed by atoms with Crippen LogP contribution < -0.4 is 0 Å². The summed E-state index contributed by atoms with van der Waals surface area (Å²) < 4.78 is 0. The number of hydrogen-bond donors (Lipinski definition) is 0. The molecule has 1 aromatic carbocycles. The Bertz CT molecular complexity index is 495. The van der Waals surface area contributed by atoms with Crippen LogP contribution in [0.15, 0.2) is 24.3 Å². The van der Waals surface area contributed by atoms with Gasteiger partial charge in [0.15, 0.2) is 0 Å². The molecule has 0 aromatic heterocycles. The summed E-state index contributed by atoms with van der Waals surface area (Å²) in [5.74, 6) is 0.869. The van der Waals surface area contributed by atoms with E-state index in [-0.39, 0.29) is 0 Å². The lowest BCUT2D eigenvalue weighted by Crippen LogP contribution is -2.27. The molecule has 0 radical (unpaired) electrons. The highest BCUT2D eigenvalue weighted by atomic mass is 35.5. The van der Waals surface area contributed by atoms with E-state index in [1.165, 1.54) is 5.56 Å². The number of carbonyl (C=O) groups excluding carboxylic acids is 1. The molecule has 3 heteroatoms. The van der Waals surface area contributed by atoms with Crippen molar-refractivity contribution in [2.45, 2.75) is 58.8 Å². The zero-order valence-corrected chi connectivity index (χ0v) is 14.8. The molecular formula is C19H28ClNO. The van der Waals surface area contributed by atoms with E-state index in [1.54, 1.807) is 0 Å². The number of hydrogen-bond acceptors (Lipinski definition) is 1. The molecule has 1 atom stereocenters. The number of nitrogens with zero attached hydrogens (tertiary/aromatic N) is 1. The smallest absolute Gasteiger partial charge is 0.222 e. The Balaban J connectivity index is 1.79. The van der Waals surface area contributed by atoms with Crippen LogP contribution in [0.1, 0.15) is 64.4 Å². The average molecular weight is 322 g/mol. The first kappa shape index (κ1) is 17.3. The van der Waals surface area contributed by atoms with Crippen molar-refractivity contribution in [3.63, 3.8) is 0 Å². The molecule has 0 bridgehead atoms. The number of benzene rings is 1. The summed E-state index contributed by atoms with van der Waals surface area (Å²) >= 11 is 5.96. The summed E-state index contributed by atoms with van der Waals surface area (Å²) in [5.41, 5.74) is 1.65. The van der Waals surface area contributed by atoms with E-state index in [2.05, 4.69) is 32.9 Å². The molecule has 1 aliphatic rings. The minimum atomic E-state index is 0.293. The van der Waals surface area contributed by atoms with Gasteiger partial charge in [0.2, 0.25) is 5.91 Å². The quantitative estimate of drug-likeness (QED) is 0.670. The molecule has 2 rings (SSSR count). The van der Waals surface area contributed by atoms with Gasteiger partial charge >= 0.3 is 0 Å². The predicted octanol–water partition coefficient (Wildman–Crippen LogP) is 5.26. The third-order valence-corrected chi connectivity index (χ3v) is 5.00. The molecule has 22 heavy (non-hydrogen) atoms. The van der Waals surface area contributed by atoms with Crippen molar-refractivity contribution in [3.05, 3.63) is 34.9 Å². The number of rotatable bonds is 7. The van der Waals surface area contributed by atoms with E-state index in [0.717, 1.165) is 50.2 Å². The van der Waals surface area contributed by atoms with Gasteiger partial charge in [-0.05, 0) is 54.7 Å². The molecule has 0 aliphatic carbocycles. The van der Waals surface area contributed by atoms with Crippen molar-refractivity contribution in [2.75, 3.05) is 13.1 Å². The molecule has 0 spiro atoms.